The molecule has 2 aliphatic heterocycles. The van der Waals surface area contributed by atoms with E-state index in [1.165, 1.54) is 37.9 Å². The molecule has 0 radical (unpaired) electrons. The molecule has 0 amide bonds. The highest BCUT2D eigenvalue weighted by atomic mass is 35.5. The minimum absolute atomic E-state index is 0.709. The van der Waals surface area contributed by atoms with Gasteiger partial charge in [0.1, 0.15) is 5.82 Å². The fraction of sp³-hybridized carbons (Fsp3) is 0.500. The van der Waals surface area contributed by atoms with E-state index >= 15 is 0 Å². The van der Waals surface area contributed by atoms with E-state index in [0.717, 1.165) is 37.3 Å². The van der Waals surface area contributed by atoms with Gasteiger partial charge in [-0.05, 0) is 68.0 Å². The zero-order chi connectivity index (χ0) is 17.1. The number of piperidine rings is 1. The van der Waals surface area contributed by atoms with E-state index < -0.39 is 0 Å². The Bertz CT molecular complexity index is 668. The van der Waals surface area contributed by atoms with Gasteiger partial charge < -0.3 is 4.90 Å². The molecule has 0 aromatic carbocycles. The van der Waals surface area contributed by atoms with Crippen LogP contribution in [0, 0.1) is 11.8 Å². The molecule has 132 valence electrons. The van der Waals surface area contributed by atoms with Gasteiger partial charge in [-0.25, -0.2) is 4.98 Å². The van der Waals surface area contributed by atoms with Crippen molar-refractivity contribution in [2.24, 2.45) is 11.8 Å². The number of anilines is 1. The average molecular weight is 357 g/mol. The molecule has 2 saturated heterocycles. The van der Waals surface area contributed by atoms with E-state index in [2.05, 4.69) is 25.8 Å². The first-order valence-electron chi connectivity index (χ1n) is 9.26. The molecule has 0 unspecified atom stereocenters. The molecular formula is C20H25ClN4. The topological polar surface area (TPSA) is 32.3 Å². The van der Waals surface area contributed by atoms with Crippen LogP contribution in [-0.2, 0) is 6.54 Å². The van der Waals surface area contributed by atoms with Crippen molar-refractivity contribution in [3.8, 4) is 0 Å². The van der Waals surface area contributed by atoms with Crippen LogP contribution in [0.3, 0.4) is 0 Å². The van der Waals surface area contributed by atoms with E-state index in [9.17, 15) is 0 Å². The second kappa shape index (κ2) is 7.71. The van der Waals surface area contributed by atoms with Gasteiger partial charge in [0, 0.05) is 38.2 Å². The molecule has 25 heavy (non-hydrogen) atoms. The maximum atomic E-state index is 5.95. The number of likely N-dealkylation sites (tertiary alicyclic amines) is 1. The third-order valence-electron chi connectivity index (χ3n) is 5.69. The lowest BCUT2D eigenvalue weighted by molar-refractivity contribution is 0.147. The normalized spacial score (nSPS) is 22.4. The first-order valence-corrected chi connectivity index (χ1v) is 9.63. The Morgan fingerprint density at radius 1 is 1.00 bits per heavy atom. The van der Waals surface area contributed by atoms with Gasteiger partial charge in [0.25, 0.3) is 0 Å². The van der Waals surface area contributed by atoms with Crippen molar-refractivity contribution in [3.05, 3.63) is 53.4 Å². The molecule has 0 bridgehead atoms. The van der Waals surface area contributed by atoms with Gasteiger partial charge in [-0.15, -0.1) is 0 Å². The number of hydrogen-bond acceptors (Lipinski definition) is 4. The zero-order valence-corrected chi connectivity index (χ0v) is 15.3. The number of rotatable bonds is 4. The Balaban J connectivity index is 1.28. The standard InChI is InChI=1S/C20H25ClN4/c21-19-3-4-20(23-13-19)25-11-7-18(15-25)17-5-9-24(10-6-17)14-16-2-1-8-22-12-16/h1-4,8,12-13,17-18H,5-7,9-11,14-15H2/t18-/m0/s1. The van der Waals surface area contributed by atoms with Crippen molar-refractivity contribution in [1.82, 2.24) is 14.9 Å². The molecule has 5 heteroatoms. The van der Waals surface area contributed by atoms with Crippen molar-refractivity contribution in [2.75, 3.05) is 31.1 Å². The number of halogens is 1. The summed E-state index contributed by atoms with van der Waals surface area (Å²) in [5.41, 5.74) is 1.32. The molecule has 0 saturated carbocycles. The monoisotopic (exact) mass is 356 g/mol. The van der Waals surface area contributed by atoms with Crippen LogP contribution in [0.1, 0.15) is 24.8 Å². The highest BCUT2D eigenvalue weighted by molar-refractivity contribution is 6.30. The molecule has 2 fully saturated rings. The lowest BCUT2D eigenvalue weighted by atomic mass is 9.83. The van der Waals surface area contributed by atoms with Crippen LogP contribution in [0.25, 0.3) is 0 Å². The van der Waals surface area contributed by atoms with Crippen LogP contribution in [0.2, 0.25) is 5.02 Å². The number of aromatic nitrogens is 2. The first kappa shape index (κ1) is 16.8. The van der Waals surface area contributed by atoms with Gasteiger partial charge in [-0.3, -0.25) is 9.88 Å². The van der Waals surface area contributed by atoms with Crippen molar-refractivity contribution in [3.63, 3.8) is 0 Å². The fourth-order valence-corrected chi connectivity index (χ4v) is 4.38. The van der Waals surface area contributed by atoms with Crippen LogP contribution in [0.5, 0.6) is 0 Å². The van der Waals surface area contributed by atoms with Crippen LogP contribution < -0.4 is 4.90 Å². The summed E-state index contributed by atoms with van der Waals surface area (Å²) < 4.78 is 0. The second-order valence-corrected chi connectivity index (χ2v) is 7.74. The number of pyridine rings is 2. The maximum absolute atomic E-state index is 5.95. The summed E-state index contributed by atoms with van der Waals surface area (Å²) in [6, 6.07) is 8.18. The van der Waals surface area contributed by atoms with Crippen molar-refractivity contribution in [2.45, 2.75) is 25.8 Å². The average Bonchev–Trinajstić information content (AvgIpc) is 3.14. The van der Waals surface area contributed by atoms with Crippen LogP contribution >= 0.6 is 11.6 Å². The highest BCUT2D eigenvalue weighted by Crippen LogP contribution is 2.33. The summed E-state index contributed by atoms with van der Waals surface area (Å²) in [6.45, 7) is 5.70. The largest absolute Gasteiger partial charge is 0.356 e. The van der Waals surface area contributed by atoms with Crippen LogP contribution in [0.4, 0.5) is 5.82 Å². The fourth-order valence-electron chi connectivity index (χ4n) is 4.27. The Morgan fingerprint density at radius 3 is 2.56 bits per heavy atom. The molecule has 0 aliphatic carbocycles. The van der Waals surface area contributed by atoms with Crippen molar-refractivity contribution in [1.29, 1.82) is 0 Å². The first-order chi connectivity index (χ1) is 12.3. The van der Waals surface area contributed by atoms with E-state index in [-0.39, 0.29) is 0 Å². The third-order valence-corrected chi connectivity index (χ3v) is 5.91. The molecule has 2 aromatic rings. The molecule has 2 aliphatic rings. The summed E-state index contributed by atoms with van der Waals surface area (Å²) in [5, 5.41) is 0.709. The summed E-state index contributed by atoms with van der Waals surface area (Å²) in [4.78, 5) is 13.7. The summed E-state index contributed by atoms with van der Waals surface area (Å²) in [5.74, 6) is 2.72. The van der Waals surface area contributed by atoms with Crippen LogP contribution in [-0.4, -0.2) is 41.0 Å². The summed E-state index contributed by atoms with van der Waals surface area (Å²) in [6.07, 6.45) is 9.50. The van der Waals surface area contributed by atoms with Gasteiger partial charge in [0.2, 0.25) is 0 Å². The second-order valence-electron chi connectivity index (χ2n) is 7.30. The zero-order valence-electron chi connectivity index (χ0n) is 14.5. The molecular weight excluding hydrogens is 332 g/mol. The molecule has 1 atom stereocenters. The summed E-state index contributed by atoms with van der Waals surface area (Å²) in [7, 11) is 0. The predicted molar refractivity (Wildman–Crippen MR) is 102 cm³/mol. The van der Waals surface area contributed by atoms with Gasteiger partial charge in [0.15, 0.2) is 0 Å². The minimum atomic E-state index is 0.709. The SMILES string of the molecule is Clc1ccc(N2CC[C@H](C3CCN(Cc4cccnc4)CC3)C2)nc1. The van der Waals surface area contributed by atoms with Crippen molar-refractivity contribution < 1.29 is 0 Å². The van der Waals surface area contributed by atoms with Crippen LogP contribution in [0.15, 0.2) is 42.9 Å². The quantitative estimate of drug-likeness (QED) is 0.832. The molecule has 0 N–H and O–H groups in total. The lowest BCUT2D eigenvalue weighted by Crippen LogP contribution is -2.36. The Labute approximate surface area is 154 Å². The third kappa shape index (κ3) is 4.13. The molecule has 4 nitrogen and oxygen atoms in total. The Morgan fingerprint density at radius 2 is 1.84 bits per heavy atom. The Kier molecular flexibility index (Phi) is 5.18. The Hall–Kier alpha value is -1.65. The van der Waals surface area contributed by atoms with Crippen molar-refractivity contribution >= 4 is 17.4 Å². The van der Waals surface area contributed by atoms with E-state index in [0.29, 0.717) is 5.02 Å². The van der Waals surface area contributed by atoms with Gasteiger partial charge in [0.05, 0.1) is 5.02 Å². The summed E-state index contributed by atoms with van der Waals surface area (Å²) >= 11 is 5.95. The smallest absolute Gasteiger partial charge is 0.128 e. The van der Waals surface area contributed by atoms with E-state index in [1.807, 2.05) is 30.6 Å². The maximum Gasteiger partial charge on any atom is 0.128 e. The minimum Gasteiger partial charge on any atom is -0.356 e. The number of nitrogens with zero attached hydrogens (tertiary/aromatic N) is 4. The lowest BCUT2D eigenvalue weighted by Gasteiger charge is -2.34. The number of hydrogen-bond donors (Lipinski definition) is 0. The predicted octanol–water partition coefficient (Wildman–Crippen LogP) is 3.87. The van der Waals surface area contributed by atoms with E-state index in [1.54, 1.807) is 6.20 Å². The van der Waals surface area contributed by atoms with Gasteiger partial charge in [-0.1, -0.05) is 17.7 Å². The van der Waals surface area contributed by atoms with Gasteiger partial charge in [-0.2, -0.15) is 0 Å². The molecule has 2 aromatic heterocycles. The highest BCUT2D eigenvalue weighted by Gasteiger charge is 2.32. The van der Waals surface area contributed by atoms with E-state index in [4.69, 9.17) is 11.6 Å². The molecule has 4 rings (SSSR count). The molecule has 4 heterocycles. The molecule has 0 spiro atoms. The van der Waals surface area contributed by atoms with Gasteiger partial charge >= 0.3 is 0 Å².